The minimum atomic E-state index is -5.88. The van der Waals surface area contributed by atoms with E-state index in [1.54, 1.807) is 0 Å². The quantitative estimate of drug-likeness (QED) is 0.431. The Morgan fingerprint density at radius 2 is 1.37 bits per heavy atom. The average molecular weight is 604 g/mol. The van der Waals surface area contributed by atoms with Crippen LogP contribution < -0.4 is 4.72 Å². The lowest BCUT2D eigenvalue weighted by molar-refractivity contribution is -0.174. The minimum Gasteiger partial charge on any atom is -0.223 e. The number of allylic oxidation sites excluding steroid dienone is 4. The summed E-state index contributed by atoms with van der Waals surface area (Å²) in [6.45, 7) is 0. The molecule has 0 aromatic heterocycles. The fraction of sp³-hybridized carbons (Fsp3) is 0.524. The molecule has 5 nitrogen and oxygen atoms in total. The molecule has 2 atom stereocenters. The standard InChI is InChI=1S/C21H19F10NO4S2/c22-13-3-6-16(20(26,27)28)17(11-13)18(9-7-14(8-10-18)32-38(35,36)21(29,30)31)37(33,34)15-4-1-12(2-5-15)19(23,24)25/h1-6,11,14,16-17,32H,7-10H2. The topological polar surface area (TPSA) is 80.3 Å². The molecule has 3 rings (SSSR count). The number of hydrogen-bond acceptors (Lipinski definition) is 4. The van der Waals surface area contributed by atoms with Gasteiger partial charge in [0.15, 0.2) is 9.84 Å². The van der Waals surface area contributed by atoms with Crippen molar-refractivity contribution in [1.82, 2.24) is 4.72 Å². The van der Waals surface area contributed by atoms with Gasteiger partial charge in [-0.1, -0.05) is 6.08 Å². The Labute approximate surface area is 210 Å². The van der Waals surface area contributed by atoms with Gasteiger partial charge >= 0.3 is 27.9 Å². The van der Waals surface area contributed by atoms with Crippen LogP contribution in [-0.2, 0) is 26.0 Å². The van der Waals surface area contributed by atoms with E-state index in [0.717, 1.165) is 0 Å². The molecule has 0 radical (unpaired) electrons. The number of hydrogen-bond donors (Lipinski definition) is 1. The molecule has 0 aliphatic heterocycles. The second-order valence-electron chi connectivity index (χ2n) is 8.94. The Hall–Kier alpha value is -2.14. The molecule has 214 valence electrons. The number of sulfone groups is 1. The molecule has 17 heteroatoms. The predicted molar refractivity (Wildman–Crippen MR) is 113 cm³/mol. The average Bonchev–Trinajstić information content (AvgIpc) is 2.77. The Bertz CT molecular complexity index is 1300. The molecule has 2 aliphatic rings. The summed E-state index contributed by atoms with van der Waals surface area (Å²) < 4.78 is 182. The largest absolute Gasteiger partial charge is 0.511 e. The molecule has 0 heterocycles. The van der Waals surface area contributed by atoms with Gasteiger partial charge in [-0.2, -0.15) is 39.5 Å². The van der Waals surface area contributed by atoms with Crippen LogP contribution in [0.5, 0.6) is 0 Å². The molecule has 1 fully saturated rings. The van der Waals surface area contributed by atoms with Crippen LogP contribution in [0.15, 0.2) is 53.2 Å². The number of rotatable bonds is 5. The van der Waals surface area contributed by atoms with Crippen molar-refractivity contribution in [1.29, 1.82) is 0 Å². The minimum absolute atomic E-state index is 0.391. The fourth-order valence-corrected chi connectivity index (χ4v) is 7.91. The van der Waals surface area contributed by atoms with Gasteiger partial charge in [-0.25, -0.2) is 25.9 Å². The number of sulfonamides is 1. The summed E-state index contributed by atoms with van der Waals surface area (Å²) >= 11 is 0. The summed E-state index contributed by atoms with van der Waals surface area (Å²) in [6.07, 6.45) is -11.8. The van der Waals surface area contributed by atoms with E-state index in [1.165, 1.54) is 4.72 Å². The zero-order valence-electron chi connectivity index (χ0n) is 18.8. The molecular formula is C21H19F10NO4S2. The molecule has 1 aromatic carbocycles. The number of nitrogens with one attached hydrogen (secondary N) is 1. The second-order valence-corrected chi connectivity index (χ2v) is 12.9. The van der Waals surface area contributed by atoms with Crippen LogP contribution >= 0.6 is 0 Å². The van der Waals surface area contributed by atoms with Gasteiger partial charge in [-0.05, 0) is 62.1 Å². The molecule has 2 aliphatic carbocycles. The first kappa shape index (κ1) is 30.4. The molecule has 0 amide bonds. The smallest absolute Gasteiger partial charge is 0.223 e. The van der Waals surface area contributed by atoms with Crippen LogP contribution in [0.25, 0.3) is 0 Å². The highest BCUT2D eigenvalue weighted by Crippen LogP contribution is 2.52. The van der Waals surface area contributed by atoms with Gasteiger partial charge in [-0.3, -0.25) is 0 Å². The zero-order chi connectivity index (χ0) is 28.9. The highest BCUT2D eigenvalue weighted by atomic mass is 32.2. The van der Waals surface area contributed by atoms with E-state index in [4.69, 9.17) is 0 Å². The summed E-state index contributed by atoms with van der Waals surface area (Å²) in [5.74, 6) is -5.94. The Morgan fingerprint density at radius 3 is 1.82 bits per heavy atom. The monoisotopic (exact) mass is 603 g/mol. The Kier molecular flexibility index (Phi) is 7.84. The normalized spacial score (nSPS) is 27.7. The Morgan fingerprint density at radius 1 is 0.842 bits per heavy atom. The van der Waals surface area contributed by atoms with Crippen molar-refractivity contribution in [3.8, 4) is 0 Å². The first-order valence-electron chi connectivity index (χ1n) is 10.7. The second kappa shape index (κ2) is 9.80. The van der Waals surface area contributed by atoms with E-state index in [2.05, 4.69) is 0 Å². The fourth-order valence-electron chi connectivity index (χ4n) is 4.79. The lowest BCUT2D eigenvalue weighted by Crippen LogP contribution is -2.55. The highest BCUT2D eigenvalue weighted by Gasteiger charge is 2.59. The molecule has 0 saturated heterocycles. The molecule has 1 N–H and O–H groups in total. The Balaban J connectivity index is 2.10. The molecule has 1 aromatic rings. The summed E-state index contributed by atoms with van der Waals surface area (Å²) in [7, 11) is -10.9. The summed E-state index contributed by atoms with van der Waals surface area (Å²) in [5.41, 5.74) is -6.97. The van der Waals surface area contributed by atoms with Crippen molar-refractivity contribution in [2.24, 2.45) is 11.8 Å². The van der Waals surface area contributed by atoms with Gasteiger partial charge in [0.1, 0.15) is 5.83 Å². The molecule has 2 unspecified atom stereocenters. The maximum atomic E-state index is 14.2. The maximum Gasteiger partial charge on any atom is 0.511 e. The molecule has 1 saturated carbocycles. The third-order valence-electron chi connectivity index (χ3n) is 6.66. The molecular weight excluding hydrogens is 584 g/mol. The molecule has 0 spiro atoms. The first-order valence-corrected chi connectivity index (χ1v) is 13.7. The third-order valence-corrected chi connectivity index (χ3v) is 10.6. The van der Waals surface area contributed by atoms with Gasteiger partial charge in [0.05, 0.1) is 21.1 Å². The number of halogens is 10. The van der Waals surface area contributed by atoms with E-state index in [0.29, 0.717) is 42.5 Å². The van der Waals surface area contributed by atoms with Crippen molar-refractivity contribution in [2.75, 3.05) is 0 Å². The van der Waals surface area contributed by atoms with Crippen molar-refractivity contribution in [3.63, 3.8) is 0 Å². The number of alkyl halides is 9. The van der Waals surface area contributed by atoms with E-state index in [1.807, 2.05) is 0 Å². The van der Waals surface area contributed by atoms with E-state index >= 15 is 0 Å². The van der Waals surface area contributed by atoms with Crippen LogP contribution in [0.3, 0.4) is 0 Å². The maximum absolute atomic E-state index is 14.2. The zero-order valence-corrected chi connectivity index (χ0v) is 20.5. The molecule has 0 bridgehead atoms. The van der Waals surface area contributed by atoms with Crippen molar-refractivity contribution in [2.45, 2.75) is 59.2 Å². The summed E-state index contributed by atoms with van der Waals surface area (Å²) in [5, 5.41) is 0. The van der Waals surface area contributed by atoms with Gasteiger partial charge in [0, 0.05) is 12.0 Å². The van der Waals surface area contributed by atoms with Crippen LogP contribution in [0, 0.1) is 11.8 Å². The van der Waals surface area contributed by atoms with Crippen molar-refractivity contribution >= 4 is 19.9 Å². The van der Waals surface area contributed by atoms with Crippen molar-refractivity contribution in [3.05, 3.63) is 53.9 Å². The van der Waals surface area contributed by atoms with Crippen LogP contribution in [0.2, 0.25) is 0 Å². The third kappa shape index (κ3) is 5.73. The lowest BCUT2D eigenvalue weighted by Gasteiger charge is -2.46. The van der Waals surface area contributed by atoms with E-state index in [9.17, 15) is 60.7 Å². The van der Waals surface area contributed by atoms with Crippen LogP contribution in [0.1, 0.15) is 31.2 Å². The van der Waals surface area contributed by atoms with E-state index < -0.39 is 102 Å². The van der Waals surface area contributed by atoms with Crippen LogP contribution in [-0.4, -0.2) is 39.3 Å². The van der Waals surface area contributed by atoms with Gasteiger partial charge in [0.2, 0.25) is 0 Å². The number of benzene rings is 1. The summed E-state index contributed by atoms with van der Waals surface area (Å²) in [4.78, 5) is -0.816. The summed E-state index contributed by atoms with van der Waals surface area (Å²) in [6, 6.07) is 0.318. The predicted octanol–water partition coefficient (Wildman–Crippen LogP) is 5.82. The van der Waals surface area contributed by atoms with E-state index in [-0.39, 0.29) is 0 Å². The van der Waals surface area contributed by atoms with Gasteiger partial charge in [0.25, 0.3) is 0 Å². The SMILES string of the molecule is O=S(=O)(NC1CCC(C2C=C(F)C=CC2C(F)(F)F)(S(=O)(=O)c2ccc(C(F)(F)F)cc2)CC1)C(F)(F)F. The lowest BCUT2D eigenvalue weighted by atomic mass is 9.70. The van der Waals surface area contributed by atoms with Gasteiger partial charge in [-0.15, -0.1) is 0 Å². The first-order chi connectivity index (χ1) is 17.1. The van der Waals surface area contributed by atoms with Crippen molar-refractivity contribution < 1.29 is 60.7 Å². The van der Waals surface area contributed by atoms with Crippen LogP contribution in [0.4, 0.5) is 43.9 Å². The highest BCUT2D eigenvalue weighted by molar-refractivity contribution is 7.93. The van der Waals surface area contributed by atoms with Gasteiger partial charge < -0.3 is 0 Å². The molecule has 38 heavy (non-hydrogen) atoms.